The number of carbonyl (C=O) groups is 1. The van der Waals surface area contributed by atoms with Crippen molar-refractivity contribution in [3.63, 3.8) is 0 Å². The third kappa shape index (κ3) is 3.43. The molecule has 0 bridgehead atoms. The van der Waals surface area contributed by atoms with Crippen LogP contribution in [0.4, 0.5) is 5.69 Å². The number of benzene rings is 2. The van der Waals surface area contributed by atoms with Crippen molar-refractivity contribution in [1.82, 2.24) is 0 Å². The predicted molar refractivity (Wildman–Crippen MR) is 108 cm³/mol. The van der Waals surface area contributed by atoms with Crippen molar-refractivity contribution in [2.45, 2.75) is 33.2 Å². The number of fused-ring (bicyclic) bond motifs is 1. The van der Waals surface area contributed by atoms with Crippen molar-refractivity contribution in [3.8, 4) is 5.75 Å². The van der Waals surface area contributed by atoms with E-state index in [0.717, 1.165) is 22.6 Å². The Morgan fingerprint density at radius 2 is 1.77 bits per heavy atom. The van der Waals surface area contributed by atoms with Crippen molar-refractivity contribution in [2.24, 2.45) is 0 Å². The summed E-state index contributed by atoms with van der Waals surface area (Å²) < 4.78 is 5.17. The van der Waals surface area contributed by atoms with Gasteiger partial charge in [0.05, 0.1) is 18.3 Å². The number of aryl methyl sites for hydroxylation is 1. The zero-order chi connectivity index (χ0) is 18.9. The molecule has 0 saturated heterocycles. The number of anilines is 1. The molecule has 0 aliphatic carbocycles. The molecule has 3 nitrogen and oxygen atoms in total. The van der Waals surface area contributed by atoms with Crippen LogP contribution in [0.2, 0.25) is 0 Å². The average Bonchev–Trinajstić information content (AvgIpc) is 2.60. The van der Waals surface area contributed by atoms with Crippen LogP contribution in [0.25, 0.3) is 11.6 Å². The van der Waals surface area contributed by atoms with Crippen molar-refractivity contribution in [3.05, 3.63) is 71.3 Å². The second-order valence-electron chi connectivity index (χ2n) is 7.28. The number of hydrogen-bond donors (Lipinski definition) is 0. The number of rotatable bonds is 3. The maximum Gasteiger partial charge on any atom is 0.251 e. The maximum absolute atomic E-state index is 13.0. The number of methoxy groups -OCH3 is 1. The highest BCUT2D eigenvalue weighted by molar-refractivity contribution is 6.08. The van der Waals surface area contributed by atoms with Gasteiger partial charge >= 0.3 is 0 Å². The largest absolute Gasteiger partial charge is 0.497 e. The van der Waals surface area contributed by atoms with Gasteiger partial charge in [-0.05, 0) is 69.2 Å². The molecule has 0 saturated carbocycles. The molecule has 0 atom stereocenters. The Labute approximate surface area is 155 Å². The predicted octanol–water partition coefficient (Wildman–Crippen LogP) is 5.25. The average molecular weight is 347 g/mol. The second kappa shape index (κ2) is 6.83. The van der Waals surface area contributed by atoms with Gasteiger partial charge in [0.2, 0.25) is 0 Å². The summed E-state index contributed by atoms with van der Waals surface area (Å²) >= 11 is 0. The summed E-state index contributed by atoms with van der Waals surface area (Å²) in [5.74, 6) is 0.773. The lowest BCUT2D eigenvalue weighted by Gasteiger charge is -2.41. The van der Waals surface area contributed by atoms with Crippen molar-refractivity contribution >= 4 is 23.2 Å². The van der Waals surface area contributed by atoms with Crippen molar-refractivity contribution < 1.29 is 9.53 Å². The van der Waals surface area contributed by atoms with E-state index in [-0.39, 0.29) is 11.4 Å². The van der Waals surface area contributed by atoms with Gasteiger partial charge in [-0.1, -0.05) is 29.8 Å². The summed E-state index contributed by atoms with van der Waals surface area (Å²) in [6, 6.07) is 13.9. The molecule has 0 spiro atoms. The minimum absolute atomic E-state index is 0.0281. The van der Waals surface area contributed by atoms with Gasteiger partial charge < -0.3 is 4.74 Å². The lowest BCUT2D eigenvalue weighted by atomic mass is 9.88. The molecule has 0 unspecified atom stereocenters. The van der Waals surface area contributed by atoms with E-state index in [9.17, 15) is 4.79 Å². The van der Waals surface area contributed by atoms with Crippen molar-refractivity contribution in [2.75, 3.05) is 12.0 Å². The molecule has 26 heavy (non-hydrogen) atoms. The Balaban J connectivity index is 1.93. The van der Waals surface area contributed by atoms with Crippen molar-refractivity contribution in [1.29, 1.82) is 0 Å². The summed E-state index contributed by atoms with van der Waals surface area (Å²) in [5, 5.41) is 0. The fourth-order valence-corrected chi connectivity index (χ4v) is 3.50. The lowest BCUT2D eigenvalue weighted by Crippen LogP contribution is -2.48. The summed E-state index contributed by atoms with van der Waals surface area (Å²) in [6.45, 7) is 8.31. The molecule has 134 valence electrons. The minimum atomic E-state index is -0.381. The molecule has 1 aliphatic heterocycles. The Morgan fingerprint density at radius 3 is 2.42 bits per heavy atom. The molecule has 0 aromatic heterocycles. The normalized spacial score (nSPS) is 15.6. The monoisotopic (exact) mass is 347 g/mol. The van der Waals surface area contributed by atoms with Crippen LogP contribution in [0, 0.1) is 6.92 Å². The van der Waals surface area contributed by atoms with Crippen LogP contribution >= 0.6 is 0 Å². The van der Waals surface area contributed by atoms with E-state index in [1.54, 1.807) is 13.2 Å². The maximum atomic E-state index is 13.0. The van der Waals surface area contributed by atoms with E-state index in [1.807, 2.05) is 41.3 Å². The van der Waals surface area contributed by atoms with Crippen LogP contribution in [0.3, 0.4) is 0 Å². The number of amides is 1. The summed E-state index contributed by atoms with van der Waals surface area (Å²) in [6.07, 6.45) is 5.65. The van der Waals surface area contributed by atoms with Gasteiger partial charge in [0.15, 0.2) is 0 Å². The third-order valence-electron chi connectivity index (χ3n) is 4.72. The topological polar surface area (TPSA) is 29.5 Å². The first kappa shape index (κ1) is 18.0. The molecule has 3 heteroatoms. The smallest absolute Gasteiger partial charge is 0.251 e. The molecule has 0 radical (unpaired) electrons. The highest BCUT2D eigenvalue weighted by Crippen LogP contribution is 2.39. The molecule has 0 fully saturated rings. The third-order valence-corrected chi connectivity index (χ3v) is 4.72. The van der Waals surface area contributed by atoms with E-state index < -0.39 is 0 Å². The minimum Gasteiger partial charge on any atom is -0.497 e. The van der Waals surface area contributed by atoms with Gasteiger partial charge in [-0.2, -0.15) is 0 Å². The molecule has 1 heterocycles. The fourth-order valence-electron chi connectivity index (χ4n) is 3.50. The van der Waals surface area contributed by atoms with Gasteiger partial charge in [0.25, 0.3) is 5.91 Å². The van der Waals surface area contributed by atoms with Gasteiger partial charge in [0.1, 0.15) is 5.75 Å². The quantitative estimate of drug-likeness (QED) is 0.710. The first-order chi connectivity index (χ1) is 12.3. The SMILES string of the molecule is COc1ccc(/C=C/C(=O)N2c3ccc(C)cc3C(C)=CC2(C)C)cc1. The second-order valence-corrected chi connectivity index (χ2v) is 7.28. The van der Waals surface area contributed by atoms with Crippen LogP contribution in [0.15, 0.2) is 54.6 Å². The van der Waals surface area contributed by atoms with Crippen LogP contribution in [-0.4, -0.2) is 18.6 Å². The first-order valence-electron chi connectivity index (χ1n) is 8.78. The highest BCUT2D eigenvalue weighted by atomic mass is 16.5. The zero-order valence-electron chi connectivity index (χ0n) is 16.0. The fraction of sp³-hybridized carbons (Fsp3) is 0.261. The Hall–Kier alpha value is -2.81. The van der Waals surface area contributed by atoms with E-state index >= 15 is 0 Å². The number of hydrogen-bond acceptors (Lipinski definition) is 2. The first-order valence-corrected chi connectivity index (χ1v) is 8.78. The zero-order valence-corrected chi connectivity index (χ0v) is 16.0. The van der Waals surface area contributed by atoms with Gasteiger partial charge in [-0.25, -0.2) is 0 Å². The number of ether oxygens (including phenoxy) is 1. The summed E-state index contributed by atoms with van der Waals surface area (Å²) in [4.78, 5) is 14.9. The van der Waals surface area contributed by atoms with Crippen LogP contribution in [0.5, 0.6) is 5.75 Å². The molecule has 1 aliphatic rings. The molecular weight excluding hydrogens is 322 g/mol. The van der Waals surface area contributed by atoms with E-state index in [2.05, 4.69) is 45.9 Å². The Bertz CT molecular complexity index is 889. The van der Waals surface area contributed by atoms with Gasteiger partial charge in [0, 0.05) is 11.6 Å². The Morgan fingerprint density at radius 1 is 1.08 bits per heavy atom. The molecule has 2 aromatic rings. The number of carbonyl (C=O) groups excluding carboxylic acids is 1. The molecule has 0 N–H and O–H groups in total. The molecular formula is C23H25NO2. The lowest BCUT2D eigenvalue weighted by molar-refractivity contribution is -0.114. The van der Waals surface area contributed by atoms with Gasteiger partial charge in [-0.3, -0.25) is 9.69 Å². The Kier molecular flexibility index (Phi) is 4.73. The van der Waals surface area contributed by atoms with Crippen LogP contribution < -0.4 is 9.64 Å². The summed E-state index contributed by atoms with van der Waals surface area (Å²) in [5.41, 5.74) is 5.06. The van der Waals surface area contributed by atoms with Gasteiger partial charge in [-0.15, -0.1) is 0 Å². The number of allylic oxidation sites excluding steroid dienone is 1. The number of nitrogens with zero attached hydrogens (tertiary/aromatic N) is 1. The summed E-state index contributed by atoms with van der Waals surface area (Å²) in [7, 11) is 1.64. The van der Waals surface area contributed by atoms with E-state index in [0.29, 0.717) is 0 Å². The highest BCUT2D eigenvalue weighted by Gasteiger charge is 2.34. The van der Waals surface area contributed by atoms with E-state index in [1.165, 1.54) is 11.1 Å². The van der Waals surface area contributed by atoms with Crippen LogP contribution in [-0.2, 0) is 4.79 Å². The van der Waals surface area contributed by atoms with E-state index in [4.69, 9.17) is 4.74 Å². The molecule has 2 aromatic carbocycles. The molecule has 1 amide bonds. The standard InChI is InChI=1S/C23H25NO2/c1-16-6-12-21-20(14-16)17(2)15-23(3,4)24(21)22(25)13-9-18-7-10-19(26-5)11-8-18/h6-15H,1-5H3/b13-9+. The molecule has 3 rings (SSSR count). The van der Waals surface area contributed by atoms with Crippen LogP contribution in [0.1, 0.15) is 37.5 Å².